The van der Waals surface area contributed by atoms with Crippen molar-refractivity contribution in [3.63, 3.8) is 0 Å². The fourth-order valence-electron chi connectivity index (χ4n) is 2.68. The van der Waals surface area contributed by atoms with Crippen molar-refractivity contribution in [1.29, 1.82) is 0 Å². The second kappa shape index (κ2) is 4.91. The molecule has 1 saturated heterocycles. The Balaban J connectivity index is 2.48. The highest BCUT2D eigenvalue weighted by Crippen LogP contribution is 2.32. The minimum absolute atomic E-state index is 0.0544. The first-order valence-corrected chi connectivity index (χ1v) is 6.31. The molecule has 2 rings (SSSR count). The SMILES string of the molecule is Cc1ccc(C(N)=O)c(N2CCC(C)C2C(=O)O)c1. The van der Waals surface area contributed by atoms with Crippen molar-refractivity contribution in [2.45, 2.75) is 26.3 Å². The molecule has 1 fully saturated rings. The minimum Gasteiger partial charge on any atom is -0.480 e. The number of hydrogen-bond donors (Lipinski definition) is 2. The Bertz CT molecular complexity index is 527. The summed E-state index contributed by atoms with van der Waals surface area (Å²) in [5.41, 5.74) is 7.36. The van der Waals surface area contributed by atoms with Gasteiger partial charge < -0.3 is 15.7 Å². The van der Waals surface area contributed by atoms with E-state index >= 15 is 0 Å². The first-order chi connectivity index (χ1) is 8.91. The van der Waals surface area contributed by atoms with Crippen LogP contribution in [0.5, 0.6) is 0 Å². The summed E-state index contributed by atoms with van der Waals surface area (Å²) in [5, 5.41) is 9.36. The van der Waals surface area contributed by atoms with Crippen molar-refractivity contribution in [1.82, 2.24) is 0 Å². The van der Waals surface area contributed by atoms with E-state index in [9.17, 15) is 14.7 Å². The number of nitrogens with zero attached hydrogens (tertiary/aromatic N) is 1. The lowest BCUT2D eigenvalue weighted by Gasteiger charge is -2.27. The predicted molar refractivity (Wildman–Crippen MR) is 72.2 cm³/mol. The van der Waals surface area contributed by atoms with Gasteiger partial charge in [-0.1, -0.05) is 13.0 Å². The van der Waals surface area contributed by atoms with Crippen LogP contribution in [-0.4, -0.2) is 29.6 Å². The summed E-state index contributed by atoms with van der Waals surface area (Å²) in [6, 6.07) is 4.70. The van der Waals surface area contributed by atoms with Crippen molar-refractivity contribution in [3.8, 4) is 0 Å². The molecule has 0 saturated carbocycles. The largest absolute Gasteiger partial charge is 0.480 e. The Morgan fingerprint density at radius 1 is 1.42 bits per heavy atom. The molecular formula is C14H18N2O3. The quantitative estimate of drug-likeness (QED) is 0.862. The number of carboxylic acids is 1. The number of carbonyl (C=O) groups is 2. The van der Waals surface area contributed by atoms with Crippen LogP contribution >= 0.6 is 0 Å². The van der Waals surface area contributed by atoms with E-state index in [2.05, 4.69) is 0 Å². The second-order valence-electron chi connectivity index (χ2n) is 5.13. The molecule has 3 N–H and O–H groups in total. The lowest BCUT2D eigenvalue weighted by molar-refractivity contribution is -0.139. The van der Waals surface area contributed by atoms with Crippen LogP contribution in [0.4, 0.5) is 5.69 Å². The monoisotopic (exact) mass is 262 g/mol. The van der Waals surface area contributed by atoms with E-state index in [4.69, 9.17) is 5.73 Å². The summed E-state index contributed by atoms with van der Waals surface area (Å²) in [6.45, 7) is 4.45. The molecule has 1 amide bonds. The van der Waals surface area contributed by atoms with Gasteiger partial charge in [0.1, 0.15) is 6.04 Å². The van der Waals surface area contributed by atoms with Crippen LogP contribution in [0.2, 0.25) is 0 Å². The van der Waals surface area contributed by atoms with Gasteiger partial charge in [-0.15, -0.1) is 0 Å². The number of carbonyl (C=O) groups excluding carboxylic acids is 1. The second-order valence-corrected chi connectivity index (χ2v) is 5.13. The first-order valence-electron chi connectivity index (χ1n) is 6.31. The molecule has 5 nitrogen and oxygen atoms in total. The molecule has 0 bridgehead atoms. The van der Waals surface area contributed by atoms with Gasteiger partial charge in [-0.2, -0.15) is 0 Å². The zero-order chi connectivity index (χ0) is 14.2. The topological polar surface area (TPSA) is 83.6 Å². The van der Waals surface area contributed by atoms with Gasteiger partial charge >= 0.3 is 5.97 Å². The van der Waals surface area contributed by atoms with Crippen molar-refractivity contribution in [2.24, 2.45) is 11.7 Å². The van der Waals surface area contributed by atoms with Crippen molar-refractivity contribution in [2.75, 3.05) is 11.4 Å². The van der Waals surface area contributed by atoms with Gasteiger partial charge in [-0.05, 0) is 37.0 Å². The zero-order valence-electron chi connectivity index (χ0n) is 11.1. The molecule has 19 heavy (non-hydrogen) atoms. The highest BCUT2D eigenvalue weighted by atomic mass is 16.4. The first kappa shape index (κ1) is 13.4. The molecule has 0 aliphatic carbocycles. The number of aryl methyl sites for hydroxylation is 1. The number of nitrogens with two attached hydrogens (primary N) is 1. The number of carboxylic acid groups (broad SMARTS) is 1. The van der Waals surface area contributed by atoms with E-state index in [1.165, 1.54) is 0 Å². The molecule has 1 aliphatic heterocycles. The van der Waals surface area contributed by atoms with Crippen LogP contribution in [0.15, 0.2) is 18.2 Å². The van der Waals surface area contributed by atoms with E-state index in [0.29, 0.717) is 17.8 Å². The fourth-order valence-corrected chi connectivity index (χ4v) is 2.68. The molecule has 1 aromatic carbocycles. The van der Waals surface area contributed by atoms with Crippen LogP contribution in [0.1, 0.15) is 29.3 Å². The summed E-state index contributed by atoms with van der Waals surface area (Å²) in [4.78, 5) is 24.7. The van der Waals surface area contributed by atoms with Gasteiger partial charge in [0.25, 0.3) is 5.91 Å². The number of benzene rings is 1. The molecule has 1 aliphatic rings. The maximum atomic E-state index is 11.5. The maximum absolute atomic E-state index is 11.5. The molecule has 0 radical (unpaired) electrons. The summed E-state index contributed by atoms with van der Waals surface area (Å²) in [5.74, 6) is -1.33. The smallest absolute Gasteiger partial charge is 0.326 e. The summed E-state index contributed by atoms with van der Waals surface area (Å²) in [6.07, 6.45) is 0.795. The number of aliphatic carboxylic acids is 1. The lowest BCUT2D eigenvalue weighted by Crippen LogP contribution is -2.40. The van der Waals surface area contributed by atoms with E-state index in [0.717, 1.165) is 12.0 Å². The molecule has 2 unspecified atom stereocenters. The Labute approximate surface area is 112 Å². The number of anilines is 1. The average Bonchev–Trinajstić information content (AvgIpc) is 2.70. The lowest BCUT2D eigenvalue weighted by atomic mass is 10.0. The third kappa shape index (κ3) is 2.41. The van der Waals surface area contributed by atoms with Gasteiger partial charge in [0.2, 0.25) is 0 Å². The highest BCUT2D eigenvalue weighted by molar-refractivity contribution is 5.99. The van der Waals surface area contributed by atoms with E-state index in [1.54, 1.807) is 17.0 Å². The average molecular weight is 262 g/mol. The van der Waals surface area contributed by atoms with E-state index in [-0.39, 0.29) is 5.92 Å². The zero-order valence-corrected chi connectivity index (χ0v) is 11.1. The number of hydrogen-bond acceptors (Lipinski definition) is 3. The van der Waals surface area contributed by atoms with E-state index in [1.807, 2.05) is 19.9 Å². The number of amides is 1. The van der Waals surface area contributed by atoms with Gasteiger partial charge in [-0.25, -0.2) is 4.79 Å². The molecule has 5 heteroatoms. The normalized spacial score (nSPS) is 22.5. The van der Waals surface area contributed by atoms with Gasteiger partial charge in [0.05, 0.1) is 11.3 Å². The van der Waals surface area contributed by atoms with Gasteiger partial charge in [-0.3, -0.25) is 4.79 Å². The Hall–Kier alpha value is -2.04. The van der Waals surface area contributed by atoms with E-state index < -0.39 is 17.9 Å². The molecule has 0 aromatic heterocycles. The standard InChI is InChI=1S/C14H18N2O3/c1-8-3-4-10(13(15)17)11(7-8)16-6-5-9(2)12(16)14(18)19/h3-4,7,9,12H,5-6H2,1-2H3,(H2,15,17)(H,18,19). The molecule has 1 heterocycles. The third-order valence-corrected chi connectivity index (χ3v) is 3.68. The van der Waals surface area contributed by atoms with Gasteiger partial charge in [0, 0.05) is 6.54 Å². The van der Waals surface area contributed by atoms with Crippen LogP contribution < -0.4 is 10.6 Å². The molecule has 1 aromatic rings. The minimum atomic E-state index is -0.859. The van der Waals surface area contributed by atoms with Crippen LogP contribution in [0.3, 0.4) is 0 Å². The molecule has 2 atom stereocenters. The summed E-state index contributed by atoms with van der Waals surface area (Å²) < 4.78 is 0. The Morgan fingerprint density at radius 3 is 2.68 bits per heavy atom. The Kier molecular flexibility index (Phi) is 3.46. The van der Waals surface area contributed by atoms with Crippen molar-refractivity contribution < 1.29 is 14.7 Å². The molecular weight excluding hydrogens is 244 g/mol. The maximum Gasteiger partial charge on any atom is 0.326 e. The number of primary amides is 1. The van der Waals surface area contributed by atoms with Crippen molar-refractivity contribution >= 4 is 17.6 Å². The molecule has 0 spiro atoms. The van der Waals surface area contributed by atoms with Crippen molar-refractivity contribution in [3.05, 3.63) is 29.3 Å². The highest BCUT2D eigenvalue weighted by Gasteiger charge is 2.38. The predicted octanol–water partition coefficient (Wildman–Crippen LogP) is 1.39. The van der Waals surface area contributed by atoms with Gasteiger partial charge in [0.15, 0.2) is 0 Å². The molecule has 102 valence electrons. The Morgan fingerprint density at radius 2 is 2.11 bits per heavy atom. The third-order valence-electron chi connectivity index (χ3n) is 3.68. The number of rotatable bonds is 3. The summed E-state index contributed by atoms with van der Waals surface area (Å²) in [7, 11) is 0. The van der Waals surface area contributed by atoms with Crippen LogP contribution in [0.25, 0.3) is 0 Å². The fraction of sp³-hybridized carbons (Fsp3) is 0.429. The summed E-state index contributed by atoms with van der Waals surface area (Å²) >= 11 is 0. The van der Waals surface area contributed by atoms with Crippen LogP contribution in [-0.2, 0) is 4.79 Å². The van der Waals surface area contributed by atoms with Crippen LogP contribution in [0, 0.1) is 12.8 Å².